The molecule has 1 aliphatic rings. The number of aryl methyl sites for hydroxylation is 1. The predicted octanol–water partition coefficient (Wildman–Crippen LogP) is 3.86. The van der Waals surface area contributed by atoms with Crippen molar-refractivity contribution in [1.82, 2.24) is 9.97 Å². The molecule has 28 heavy (non-hydrogen) atoms. The van der Waals surface area contributed by atoms with Crippen molar-refractivity contribution in [1.29, 1.82) is 0 Å². The van der Waals surface area contributed by atoms with Gasteiger partial charge in [-0.1, -0.05) is 36.4 Å². The number of aromatic nitrogens is 2. The van der Waals surface area contributed by atoms with E-state index in [2.05, 4.69) is 44.1 Å². The van der Waals surface area contributed by atoms with Gasteiger partial charge in [-0.25, -0.2) is 9.37 Å². The first kappa shape index (κ1) is 18.2. The third-order valence-electron chi connectivity index (χ3n) is 5.14. The van der Waals surface area contributed by atoms with E-state index in [-0.39, 0.29) is 5.82 Å². The molecule has 5 nitrogen and oxygen atoms in total. The number of hydrogen-bond donors (Lipinski definition) is 1. The molecular weight excluding hydrogens is 353 g/mol. The van der Waals surface area contributed by atoms with E-state index in [1.165, 1.54) is 17.2 Å². The minimum atomic E-state index is -0.166. The van der Waals surface area contributed by atoms with Crippen LogP contribution >= 0.6 is 0 Å². The Hall–Kier alpha value is -3.15. The Morgan fingerprint density at radius 1 is 0.929 bits per heavy atom. The van der Waals surface area contributed by atoms with E-state index < -0.39 is 0 Å². The molecule has 144 valence electrons. The van der Waals surface area contributed by atoms with Gasteiger partial charge in [-0.15, -0.1) is 0 Å². The smallest absolute Gasteiger partial charge is 0.224 e. The Morgan fingerprint density at radius 3 is 2.43 bits per heavy atom. The van der Waals surface area contributed by atoms with Gasteiger partial charge < -0.3 is 15.1 Å². The predicted molar refractivity (Wildman–Crippen MR) is 111 cm³/mol. The van der Waals surface area contributed by atoms with Crippen molar-refractivity contribution >= 4 is 17.5 Å². The van der Waals surface area contributed by atoms with Gasteiger partial charge in [-0.05, 0) is 36.2 Å². The molecule has 0 saturated carbocycles. The molecule has 1 saturated heterocycles. The normalized spacial score (nSPS) is 14.2. The molecule has 6 heteroatoms. The van der Waals surface area contributed by atoms with Gasteiger partial charge in [0.2, 0.25) is 5.95 Å². The summed E-state index contributed by atoms with van der Waals surface area (Å²) < 4.78 is 14.0. The average Bonchev–Trinajstić information content (AvgIpc) is 2.74. The third-order valence-corrected chi connectivity index (χ3v) is 5.14. The largest absolute Gasteiger partial charge is 0.366 e. The highest BCUT2D eigenvalue weighted by molar-refractivity contribution is 5.51. The van der Waals surface area contributed by atoms with E-state index in [9.17, 15) is 4.39 Å². The molecule has 0 bridgehead atoms. The number of rotatable bonds is 5. The molecular formula is C22H24FN5. The zero-order valence-corrected chi connectivity index (χ0v) is 16.0. The van der Waals surface area contributed by atoms with Gasteiger partial charge in [-0.3, -0.25) is 0 Å². The Balaban J connectivity index is 1.39. The van der Waals surface area contributed by atoms with Crippen LogP contribution in [0.5, 0.6) is 0 Å². The second-order valence-corrected chi connectivity index (χ2v) is 6.94. The van der Waals surface area contributed by atoms with E-state index >= 15 is 0 Å². The second kappa shape index (κ2) is 8.25. The molecule has 0 spiro atoms. The van der Waals surface area contributed by atoms with E-state index in [0.717, 1.165) is 32.0 Å². The molecule has 2 heterocycles. The third kappa shape index (κ3) is 4.06. The summed E-state index contributed by atoms with van der Waals surface area (Å²) >= 11 is 0. The maximum Gasteiger partial charge on any atom is 0.224 e. The molecule has 0 atom stereocenters. The molecule has 1 aliphatic heterocycles. The van der Waals surface area contributed by atoms with Crippen LogP contribution in [0.15, 0.2) is 60.8 Å². The van der Waals surface area contributed by atoms with Crippen LogP contribution in [0.1, 0.15) is 11.1 Å². The van der Waals surface area contributed by atoms with Gasteiger partial charge in [0.1, 0.15) is 11.6 Å². The molecule has 1 aromatic heterocycles. The first-order valence-corrected chi connectivity index (χ1v) is 9.56. The topological polar surface area (TPSA) is 44.3 Å². The van der Waals surface area contributed by atoms with Crippen LogP contribution in [0.4, 0.5) is 21.8 Å². The standard InChI is InChI=1S/C22H24FN5/c1-17-6-2-3-7-18(17)16-25-22-24-11-10-21(26-22)28-14-12-27(13-15-28)20-9-5-4-8-19(20)23/h2-11H,12-16H2,1H3,(H,24,25,26). The van der Waals surface area contributed by atoms with Gasteiger partial charge in [0.25, 0.3) is 0 Å². The lowest BCUT2D eigenvalue weighted by Gasteiger charge is -2.36. The van der Waals surface area contributed by atoms with Crippen LogP contribution in [-0.2, 0) is 6.54 Å². The van der Waals surface area contributed by atoms with Crippen molar-refractivity contribution in [2.24, 2.45) is 0 Å². The maximum absolute atomic E-state index is 14.0. The van der Waals surface area contributed by atoms with Crippen LogP contribution in [-0.4, -0.2) is 36.1 Å². The Bertz CT molecular complexity index is 937. The lowest BCUT2D eigenvalue weighted by molar-refractivity contribution is 0.596. The van der Waals surface area contributed by atoms with Crippen molar-refractivity contribution in [3.8, 4) is 0 Å². The van der Waals surface area contributed by atoms with Crippen LogP contribution in [0.2, 0.25) is 0 Å². The van der Waals surface area contributed by atoms with Crippen molar-refractivity contribution in [3.63, 3.8) is 0 Å². The van der Waals surface area contributed by atoms with Gasteiger partial charge in [0.05, 0.1) is 5.69 Å². The molecule has 4 rings (SSSR count). The van der Waals surface area contributed by atoms with Crippen molar-refractivity contribution in [3.05, 3.63) is 77.7 Å². The second-order valence-electron chi connectivity index (χ2n) is 6.94. The lowest BCUT2D eigenvalue weighted by Crippen LogP contribution is -2.47. The summed E-state index contributed by atoms with van der Waals surface area (Å²) in [4.78, 5) is 13.3. The summed E-state index contributed by atoms with van der Waals surface area (Å²) in [6, 6.07) is 17.2. The number of para-hydroxylation sites is 1. The highest BCUT2D eigenvalue weighted by Crippen LogP contribution is 2.22. The van der Waals surface area contributed by atoms with Crippen LogP contribution in [0, 0.1) is 12.7 Å². The molecule has 0 unspecified atom stereocenters. The number of hydrogen-bond acceptors (Lipinski definition) is 5. The number of nitrogens with zero attached hydrogens (tertiary/aromatic N) is 4. The molecule has 2 aromatic carbocycles. The molecule has 1 N–H and O–H groups in total. The summed E-state index contributed by atoms with van der Waals surface area (Å²) in [7, 11) is 0. The Morgan fingerprint density at radius 2 is 1.64 bits per heavy atom. The van der Waals surface area contributed by atoms with Crippen LogP contribution in [0.25, 0.3) is 0 Å². The van der Waals surface area contributed by atoms with Gasteiger partial charge in [0.15, 0.2) is 0 Å². The fourth-order valence-electron chi connectivity index (χ4n) is 3.48. The Labute approximate surface area is 164 Å². The molecule has 3 aromatic rings. The zero-order chi connectivity index (χ0) is 19.3. The highest BCUT2D eigenvalue weighted by atomic mass is 19.1. The average molecular weight is 377 g/mol. The number of nitrogens with one attached hydrogen (secondary N) is 1. The first-order chi connectivity index (χ1) is 13.7. The fraction of sp³-hybridized carbons (Fsp3) is 0.273. The quantitative estimate of drug-likeness (QED) is 0.731. The van der Waals surface area contributed by atoms with Crippen molar-refractivity contribution in [2.75, 3.05) is 41.3 Å². The molecule has 0 radical (unpaired) electrons. The van der Waals surface area contributed by atoms with Gasteiger partial charge >= 0.3 is 0 Å². The minimum absolute atomic E-state index is 0.166. The van der Waals surface area contributed by atoms with E-state index in [1.807, 2.05) is 30.3 Å². The zero-order valence-electron chi connectivity index (χ0n) is 16.0. The van der Waals surface area contributed by atoms with E-state index in [4.69, 9.17) is 0 Å². The van der Waals surface area contributed by atoms with Crippen LogP contribution in [0.3, 0.4) is 0 Å². The molecule has 0 amide bonds. The maximum atomic E-state index is 14.0. The summed E-state index contributed by atoms with van der Waals surface area (Å²) in [5, 5.41) is 3.31. The summed E-state index contributed by atoms with van der Waals surface area (Å²) in [6.45, 7) is 5.90. The lowest BCUT2D eigenvalue weighted by atomic mass is 10.1. The molecule has 1 fully saturated rings. The SMILES string of the molecule is Cc1ccccc1CNc1nccc(N2CCN(c3ccccc3F)CC2)n1. The van der Waals surface area contributed by atoms with E-state index in [0.29, 0.717) is 18.2 Å². The summed E-state index contributed by atoms with van der Waals surface area (Å²) in [5.74, 6) is 1.36. The Kier molecular flexibility index (Phi) is 5.37. The number of benzene rings is 2. The summed E-state index contributed by atoms with van der Waals surface area (Å²) in [6.07, 6.45) is 1.78. The van der Waals surface area contributed by atoms with Crippen LogP contribution < -0.4 is 15.1 Å². The number of halogens is 1. The van der Waals surface area contributed by atoms with Gasteiger partial charge in [-0.2, -0.15) is 4.98 Å². The van der Waals surface area contributed by atoms with E-state index in [1.54, 1.807) is 12.3 Å². The first-order valence-electron chi connectivity index (χ1n) is 9.56. The number of piperazine rings is 1. The fourth-order valence-corrected chi connectivity index (χ4v) is 3.48. The summed E-state index contributed by atoms with van der Waals surface area (Å²) in [5.41, 5.74) is 3.15. The monoisotopic (exact) mass is 377 g/mol. The van der Waals surface area contributed by atoms with Gasteiger partial charge in [0, 0.05) is 38.9 Å². The van der Waals surface area contributed by atoms with Crippen molar-refractivity contribution < 1.29 is 4.39 Å². The minimum Gasteiger partial charge on any atom is -0.366 e. The number of anilines is 3. The van der Waals surface area contributed by atoms with Crippen molar-refractivity contribution in [2.45, 2.75) is 13.5 Å². The molecule has 0 aliphatic carbocycles. The highest BCUT2D eigenvalue weighted by Gasteiger charge is 2.20.